The Labute approximate surface area is 176 Å². The lowest BCUT2D eigenvalue weighted by Gasteiger charge is -2.33. The summed E-state index contributed by atoms with van der Waals surface area (Å²) in [7, 11) is -3.87. The summed E-state index contributed by atoms with van der Waals surface area (Å²) in [6, 6.07) is 12.0. The lowest BCUT2D eigenvalue weighted by molar-refractivity contribution is -0.384. The molecule has 0 aliphatic heterocycles. The van der Waals surface area contributed by atoms with E-state index in [-0.39, 0.29) is 23.8 Å². The van der Waals surface area contributed by atoms with E-state index in [1.54, 1.807) is 6.92 Å². The number of nitrogens with zero attached hydrogens (tertiary/aromatic N) is 2. The maximum absolute atomic E-state index is 13.2. The number of nitro benzene ring substituents is 1. The Morgan fingerprint density at radius 1 is 1.27 bits per heavy atom. The van der Waals surface area contributed by atoms with Crippen LogP contribution in [0.5, 0.6) is 0 Å². The van der Waals surface area contributed by atoms with Crippen molar-refractivity contribution < 1.29 is 18.1 Å². The first-order valence-electron chi connectivity index (χ1n) is 9.84. The number of fused-ring (bicyclic) bond motifs is 1. The van der Waals surface area contributed by atoms with Crippen molar-refractivity contribution in [3.8, 4) is 0 Å². The summed E-state index contributed by atoms with van der Waals surface area (Å²) in [5.41, 5.74) is 2.09. The van der Waals surface area contributed by atoms with Crippen LogP contribution in [0.2, 0.25) is 0 Å². The van der Waals surface area contributed by atoms with Crippen molar-refractivity contribution in [2.45, 2.75) is 44.7 Å². The Kier molecular flexibility index (Phi) is 6.40. The van der Waals surface area contributed by atoms with Gasteiger partial charge in [0.2, 0.25) is 15.9 Å². The van der Waals surface area contributed by atoms with E-state index in [1.807, 2.05) is 24.3 Å². The number of sulfonamides is 1. The van der Waals surface area contributed by atoms with Crippen LogP contribution in [0, 0.1) is 10.1 Å². The van der Waals surface area contributed by atoms with Gasteiger partial charge in [0.25, 0.3) is 5.69 Å². The summed E-state index contributed by atoms with van der Waals surface area (Å²) in [6.07, 6.45) is 3.87. The Bertz CT molecular complexity index is 1050. The van der Waals surface area contributed by atoms with Gasteiger partial charge in [-0.2, -0.15) is 0 Å². The van der Waals surface area contributed by atoms with Crippen molar-refractivity contribution in [3.63, 3.8) is 0 Å². The van der Waals surface area contributed by atoms with Crippen molar-refractivity contribution in [1.29, 1.82) is 0 Å². The van der Waals surface area contributed by atoms with Gasteiger partial charge in [-0.1, -0.05) is 37.3 Å². The summed E-state index contributed by atoms with van der Waals surface area (Å²) in [6.45, 7) is 1.72. The van der Waals surface area contributed by atoms with Gasteiger partial charge >= 0.3 is 0 Å². The average molecular weight is 432 g/mol. The Balaban J connectivity index is 1.92. The number of nitrogens with one attached hydrogen (secondary N) is 1. The predicted molar refractivity (Wildman–Crippen MR) is 115 cm³/mol. The molecular formula is C21H25N3O5S. The Hall–Kier alpha value is -2.94. The highest BCUT2D eigenvalue weighted by Crippen LogP contribution is 2.31. The number of nitro groups is 1. The highest BCUT2D eigenvalue weighted by Gasteiger charge is 2.34. The molecule has 1 N–H and O–H groups in total. The SMILES string of the molecule is CC[C@H](C(=O)N[C@H]1CCCc2ccccc21)N(c1cccc([N+](=O)[O-])c1)S(C)(=O)=O. The fourth-order valence-electron chi connectivity index (χ4n) is 3.98. The van der Waals surface area contributed by atoms with Gasteiger partial charge < -0.3 is 5.32 Å². The van der Waals surface area contributed by atoms with E-state index in [0.29, 0.717) is 0 Å². The second-order valence-corrected chi connectivity index (χ2v) is 9.27. The lowest BCUT2D eigenvalue weighted by atomic mass is 9.87. The Morgan fingerprint density at radius 3 is 2.67 bits per heavy atom. The molecule has 9 heteroatoms. The largest absolute Gasteiger partial charge is 0.347 e. The summed E-state index contributed by atoms with van der Waals surface area (Å²) < 4.78 is 26.1. The Morgan fingerprint density at radius 2 is 2.00 bits per heavy atom. The normalized spacial score (nSPS) is 16.9. The molecule has 2 aromatic carbocycles. The number of carbonyl (C=O) groups excluding carboxylic acids is 1. The van der Waals surface area contributed by atoms with E-state index in [9.17, 15) is 23.3 Å². The molecule has 0 saturated carbocycles. The molecule has 1 aliphatic rings. The first kappa shape index (κ1) is 21.8. The summed E-state index contributed by atoms with van der Waals surface area (Å²) in [5, 5.41) is 14.1. The summed E-state index contributed by atoms with van der Waals surface area (Å²) in [4.78, 5) is 23.7. The molecule has 0 unspecified atom stereocenters. The molecule has 0 aromatic heterocycles. The second kappa shape index (κ2) is 8.83. The van der Waals surface area contributed by atoms with Crippen molar-refractivity contribution in [3.05, 3.63) is 69.8 Å². The quantitative estimate of drug-likeness (QED) is 0.534. The van der Waals surface area contributed by atoms with E-state index in [2.05, 4.69) is 5.32 Å². The number of amides is 1. The average Bonchev–Trinajstić information content (AvgIpc) is 2.71. The lowest BCUT2D eigenvalue weighted by Crippen LogP contribution is -2.50. The van der Waals surface area contributed by atoms with Gasteiger partial charge in [-0.15, -0.1) is 0 Å². The molecule has 0 fully saturated rings. The summed E-state index contributed by atoms with van der Waals surface area (Å²) >= 11 is 0. The number of anilines is 1. The van der Waals surface area contributed by atoms with Gasteiger partial charge in [0, 0.05) is 12.1 Å². The molecule has 0 radical (unpaired) electrons. The van der Waals surface area contributed by atoms with Gasteiger partial charge in [-0.25, -0.2) is 8.42 Å². The molecule has 0 spiro atoms. The van der Waals surface area contributed by atoms with Gasteiger partial charge in [0.05, 0.1) is 22.9 Å². The number of carbonyl (C=O) groups is 1. The van der Waals surface area contributed by atoms with Crippen molar-refractivity contribution in [1.82, 2.24) is 5.32 Å². The van der Waals surface area contributed by atoms with Crippen LogP contribution in [-0.4, -0.2) is 31.5 Å². The molecule has 3 rings (SSSR count). The van der Waals surface area contributed by atoms with Crippen molar-refractivity contribution in [2.24, 2.45) is 0 Å². The van der Waals surface area contributed by atoms with Crippen LogP contribution < -0.4 is 9.62 Å². The number of aryl methyl sites for hydroxylation is 1. The summed E-state index contributed by atoms with van der Waals surface area (Å²) in [5.74, 6) is -0.420. The first-order valence-corrected chi connectivity index (χ1v) is 11.7. The number of rotatable bonds is 7. The monoisotopic (exact) mass is 431 g/mol. The van der Waals surface area contributed by atoms with Crippen LogP contribution >= 0.6 is 0 Å². The number of hydrogen-bond donors (Lipinski definition) is 1. The number of hydrogen-bond acceptors (Lipinski definition) is 5. The zero-order valence-corrected chi connectivity index (χ0v) is 17.8. The minimum absolute atomic E-state index is 0.0951. The molecular weight excluding hydrogens is 406 g/mol. The minimum Gasteiger partial charge on any atom is -0.347 e. The highest BCUT2D eigenvalue weighted by molar-refractivity contribution is 7.92. The predicted octanol–water partition coefficient (Wildman–Crippen LogP) is 3.33. The van der Waals surface area contributed by atoms with E-state index in [4.69, 9.17) is 0 Å². The molecule has 2 aromatic rings. The minimum atomic E-state index is -3.87. The third-order valence-corrected chi connectivity index (χ3v) is 6.49. The van der Waals surface area contributed by atoms with Crippen LogP contribution in [0.4, 0.5) is 11.4 Å². The van der Waals surface area contributed by atoms with Crippen molar-refractivity contribution >= 4 is 27.3 Å². The topological polar surface area (TPSA) is 110 Å². The number of benzene rings is 2. The standard InChI is InChI=1S/C21H25N3O5S/c1-3-20(21(25)22-19-13-6-9-15-8-4-5-12-18(15)19)23(30(2,28)29)16-10-7-11-17(14-16)24(26)27/h4-5,7-8,10-12,14,19-20H,3,6,9,13H2,1-2H3,(H,22,25)/t19-,20+/m0/s1. The van der Waals surface area contributed by atoms with Gasteiger partial charge in [-0.05, 0) is 42.9 Å². The molecule has 0 saturated heterocycles. The van der Waals surface area contributed by atoms with Crippen LogP contribution in [0.1, 0.15) is 43.4 Å². The van der Waals surface area contributed by atoms with Crippen LogP contribution in [0.3, 0.4) is 0 Å². The fraction of sp³-hybridized carbons (Fsp3) is 0.381. The van der Waals surface area contributed by atoms with Gasteiger partial charge in [0.1, 0.15) is 6.04 Å². The van der Waals surface area contributed by atoms with Crippen molar-refractivity contribution in [2.75, 3.05) is 10.6 Å². The van der Waals surface area contributed by atoms with Gasteiger partial charge in [0.15, 0.2) is 0 Å². The zero-order chi connectivity index (χ0) is 21.9. The molecule has 160 valence electrons. The molecule has 0 heterocycles. The third kappa shape index (κ3) is 4.62. The highest BCUT2D eigenvalue weighted by atomic mass is 32.2. The smallest absolute Gasteiger partial charge is 0.271 e. The molecule has 1 aliphatic carbocycles. The maximum Gasteiger partial charge on any atom is 0.271 e. The molecule has 1 amide bonds. The van der Waals surface area contributed by atoms with E-state index >= 15 is 0 Å². The maximum atomic E-state index is 13.2. The first-order chi connectivity index (χ1) is 14.2. The third-order valence-electron chi connectivity index (χ3n) is 5.31. The molecule has 30 heavy (non-hydrogen) atoms. The van der Waals surface area contributed by atoms with Crippen LogP contribution in [-0.2, 0) is 21.2 Å². The van der Waals surface area contributed by atoms with E-state index < -0.39 is 26.9 Å². The molecule has 8 nitrogen and oxygen atoms in total. The van der Waals surface area contributed by atoms with Crippen LogP contribution in [0.15, 0.2) is 48.5 Å². The van der Waals surface area contributed by atoms with Gasteiger partial charge in [-0.3, -0.25) is 19.2 Å². The van der Waals surface area contributed by atoms with Crippen LogP contribution in [0.25, 0.3) is 0 Å². The zero-order valence-electron chi connectivity index (χ0n) is 16.9. The van der Waals surface area contributed by atoms with E-state index in [0.717, 1.165) is 35.4 Å². The second-order valence-electron chi connectivity index (χ2n) is 7.41. The van der Waals surface area contributed by atoms with E-state index in [1.165, 1.54) is 29.8 Å². The molecule has 0 bridgehead atoms. The fourth-order valence-corrected chi connectivity index (χ4v) is 5.18. The number of non-ortho nitro benzene ring substituents is 1. The molecule has 2 atom stereocenters.